The summed E-state index contributed by atoms with van der Waals surface area (Å²) in [7, 11) is 0. The molecule has 0 aromatic carbocycles. The average Bonchev–Trinajstić information content (AvgIpc) is 2.11. The van der Waals surface area contributed by atoms with Crippen molar-refractivity contribution in [2.45, 2.75) is 27.2 Å². The summed E-state index contributed by atoms with van der Waals surface area (Å²) in [6, 6.07) is 0. The number of hydrogen-bond donors (Lipinski definition) is 0. The number of rotatable bonds is 0. The molecule has 0 aromatic heterocycles. The molecule has 0 bridgehead atoms. The molecule has 0 heterocycles. The molecule has 62 valence electrons. The van der Waals surface area contributed by atoms with Gasteiger partial charge < -0.3 is 0 Å². The van der Waals surface area contributed by atoms with Gasteiger partial charge in [0.2, 0.25) is 0 Å². The standard InChI is InChI=1S/C9H12F2/c1-9(2,3)6-4-7(10)8(11)5-6/h4H,5H2,1-3H3. The van der Waals surface area contributed by atoms with E-state index < -0.39 is 11.7 Å². The minimum atomic E-state index is -0.699. The van der Waals surface area contributed by atoms with Crippen molar-refractivity contribution in [3.8, 4) is 0 Å². The van der Waals surface area contributed by atoms with Crippen LogP contribution in [-0.2, 0) is 0 Å². The minimum Gasteiger partial charge on any atom is -0.208 e. The summed E-state index contributed by atoms with van der Waals surface area (Å²) >= 11 is 0. The first-order valence-corrected chi connectivity index (χ1v) is 3.66. The predicted molar refractivity (Wildman–Crippen MR) is 41.4 cm³/mol. The zero-order valence-electron chi connectivity index (χ0n) is 7.04. The summed E-state index contributed by atoms with van der Waals surface area (Å²) in [6.45, 7) is 5.85. The zero-order chi connectivity index (χ0) is 8.65. The second-order valence-corrected chi connectivity index (χ2v) is 3.85. The Morgan fingerprint density at radius 3 is 2.00 bits per heavy atom. The molecule has 2 heteroatoms. The average molecular weight is 158 g/mol. The van der Waals surface area contributed by atoms with Crippen molar-refractivity contribution >= 4 is 0 Å². The molecular weight excluding hydrogens is 146 g/mol. The fraction of sp³-hybridized carbons (Fsp3) is 0.556. The smallest absolute Gasteiger partial charge is 0.154 e. The lowest BCUT2D eigenvalue weighted by atomic mass is 9.86. The van der Waals surface area contributed by atoms with E-state index in [0.29, 0.717) is 0 Å². The van der Waals surface area contributed by atoms with E-state index in [1.807, 2.05) is 20.8 Å². The predicted octanol–water partition coefficient (Wildman–Crippen LogP) is 3.51. The minimum absolute atomic E-state index is 0.120. The molecule has 0 saturated carbocycles. The van der Waals surface area contributed by atoms with Crippen LogP contribution in [0.4, 0.5) is 8.78 Å². The SMILES string of the molecule is CC(C)(C)C1=CC(F)=C(F)C1. The van der Waals surface area contributed by atoms with Gasteiger partial charge in [-0.05, 0) is 11.5 Å². The molecule has 0 atom stereocenters. The highest BCUT2D eigenvalue weighted by Crippen LogP contribution is 2.37. The lowest BCUT2D eigenvalue weighted by Crippen LogP contribution is -2.07. The van der Waals surface area contributed by atoms with Crippen LogP contribution in [0.2, 0.25) is 0 Å². The van der Waals surface area contributed by atoms with Crippen LogP contribution in [0.25, 0.3) is 0 Å². The van der Waals surface area contributed by atoms with E-state index in [9.17, 15) is 8.78 Å². The van der Waals surface area contributed by atoms with Gasteiger partial charge in [-0.3, -0.25) is 0 Å². The number of hydrogen-bond acceptors (Lipinski definition) is 0. The molecule has 0 unspecified atom stereocenters. The monoisotopic (exact) mass is 158 g/mol. The van der Waals surface area contributed by atoms with Gasteiger partial charge in [0.1, 0.15) is 5.83 Å². The van der Waals surface area contributed by atoms with Crippen LogP contribution < -0.4 is 0 Å². The first kappa shape index (κ1) is 8.44. The van der Waals surface area contributed by atoms with Crippen molar-refractivity contribution in [1.29, 1.82) is 0 Å². The Bertz CT molecular complexity index is 228. The molecule has 0 spiro atoms. The molecule has 11 heavy (non-hydrogen) atoms. The Balaban J connectivity index is 2.80. The van der Waals surface area contributed by atoms with E-state index >= 15 is 0 Å². The largest absolute Gasteiger partial charge is 0.208 e. The van der Waals surface area contributed by atoms with Gasteiger partial charge in [-0.15, -0.1) is 0 Å². The summed E-state index contributed by atoms with van der Waals surface area (Å²) in [6.07, 6.45) is 1.45. The molecule has 1 aliphatic rings. The van der Waals surface area contributed by atoms with Gasteiger partial charge >= 0.3 is 0 Å². The maximum Gasteiger partial charge on any atom is 0.154 e. The van der Waals surface area contributed by atoms with Gasteiger partial charge in [0.05, 0.1) is 0 Å². The van der Waals surface area contributed by atoms with Crippen LogP contribution in [0.15, 0.2) is 23.3 Å². The lowest BCUT2D eigenvalue weighted by Gasteiger charge is -2.19. The molecular formula is C9H12F2. The van der Waals surface area contributed by atoms with Crippen LogP contribution in [0.3, 0.4) is 0 Å². The summed E-state index contributed by atoms with van der Waals surface area (Å²) in [4.78, 5) is 0. The second kappa shape index (κ2) is 2.43. The topological polar surface area (TPSA) is 0 Å². The van der Waals surface area contributed by atoms with Crippen molar-refractivity contribution in [1.82, 2.24) is 0 Å². The third-order valence-corrected chi connectivity index (χ3v) is 1.87. The van der Waals surface area contributed by atoms with Gasteiger partial charge in [-0.2, -0.15) is 0 Å². The van der Waals surface area contributed by atoms with E-state index in [1.165, 1.54) is 6.08 Å². The lowest BCUT2D eigenvalue weighted by molar-refractivity contribution is 0.477. The van der Waals surface area contributed by atoms with Crippen molar-refractivity contribution < 1.29 is 8.78 Å². The van der Waals surface area contributed by atoms with E-state index in [0.717, 1.165) is 5.57 Å². The van der Waals surface area contributed by atoms with Gasteiger partial charge in [-0.1, -0.05) is 26.3 Å². The van der Waals surface area contributed by atoms with Gasteiger partial charge in [0.25, 0.3) is 0 Å². The molecule has 0 aromatic rings. The summed E-state index contributed by atoms with van der Waals surface area (Å²) in [5.74, 6) is -1.33. The molecule has 0 nitrogen and oxygen atoms in total. The molecule has 0 radical (unpaired) electrons. The summed E-state index contributed by atoms with van der Waals surface area (Å²) in [5, 5.41) is 0. The normalized spacial score (nSPS) is 19.2. The fourth-order valence-corrected chi connectivity index (χ4v) is 1.02. The Labute approximate surface area is 65.6 Å². The first-order valence-electron chi connectivity index (χ1n) is 3.66. The molecule has 0 N–H and O–H groups in total. The van der Waals surface area contributed by atoms with E-state index in [2.05, 4.69) is 0 Å². The Hall–Kier alpha value is -0.660. The highest BCUT2D eigenvalue weighted by atomic mass is 19.2. The van der Waals surface area contributed by atoms with Crippen molar-refractivity contribution in [3.05, 3.63) is 23.3 Å². The van der Waals surface area contributed by atoms with Crippen molar-refractivity contribution in [2.24, 2.45) is 5.41 Å². The first-order chi connectivity index (χ1) is 4.91. The van der Waals surface area contributed by atoms with E-state index in [1.54, 1.807) is 0 Å². The van der Waals surface area contributed by atoms with Crippen molar-refractivity contribution in [3.63, 3.8) is 0 Å². The highest BCUT2D eigenvalue weighted by Gasteiger charge is 2.24. The molecule has 1 aliphatic carbocycles. The maximum atomic E-state index is 12.6. The van der Waals surface area contributed by atoms with E-state index in [4.69, 9.17) is 0 Å². The molecule has 1 rings (SSSR count). The van der Waals surface area contributed by atoms with E-state index in [-0.39, 0.29) is 11.8 Å². The third-order valence-electron chi connectivity index (χ3n) is 1.87. The quantitative estimate of drug-likeness (QED) is 0.506. The van der Waals surface area contributed by atoms with Crippen LogP contribution in [0.1, 0.15) is 27.2 Å². The molecule has 0 fully saturated rings. The maximum absolute atomic E-state index is 12.6. The van der Waals surface area contributed by atoms with Crippen molar-refractivity contribution in [2.75, 3.05) is 0 Å². The van der Waals surface area contributed by atoms with Gasteiger partial charge in [-0.25, -0.2) is 8.78 Å². The van der Waals surface area contributed by atoms with Crippen LogP contribution in [0, 0.1) is 5.41 Å². The summed E-state index contributed by atoms with van der Waals surface area (Å²) < 4.78 is 25.1. The second-order valence-electron chi connectivity index (χ2n) is 3.85. The fourth-order valence-electron chi connectivity index (χ4n) is 1.02. The Morgan fingerprint density at radius 1 is 1.27 bits per heavy atom. The third kappa shape index (κ3) is 1.67. The molecule has 0 aliphatic heterocycles. The number of halogens is 2. The Kier molecular flexibility index (Phi) is 1.87. The number of allylic oxidation sites excluding steroid dienone is 4. The highest BCUT2D eigenvalue weighted by molar-refractivity contribution is 5.34. The molecule has 0 amide bonds. The summed E-state index contributed by atoms with van der Waals surface area (Å²) in [5.41, 5.74) is 0.707. The van der Waals surface area contributed by atoms with Gasteiger partial charge in [0.15, 0.2) is 5.83 Å². The Morgan fingerprint density at radius 2 is 1.82 bits per heavy atom. The van der Waals surface area contributed by atoms with Crippen LogP contribution in [-0.4, -0.2) is 0 Å². The van der Waals surface area contributed by atoms with Gasteiger partial charge in [0, 0.05) is 6.42 Å². The zero-order valence-corrected chi connectivity index (χ0v) is 7.04. The van der Waals surface area contributed by atoms with Crippen LogP contribution in [0.5, 0.6) is 0 Å². The molecule has 0 saturated heterocycles. The van der Waals surface area contributed by atoms with Crippen LogP contribution >= 0.6 is 0 Å².